The molecule has 4 rings (SSSR count). The van der Waals surface area contributed by atoms with Crippen LogP contribution in [0.5, 0.6) is 0 Å². The van der Waals surface area contributed by atoms with E-state index < -0.39 is 0 Å². The summed E-state index contributed by atoms with van der Waals surface area (Å²) >= 11 is 3.40. The Balaban J connectivity index is 1.91. The van der Waals surface area contributed by atoms with Crippen LogP contribution in [0.15, 0.2) is 88.1 Å². The highest BCUT2D eigenvalue weighted by atomic mass is 79.9. The van der Waals surface area contributed by atoms with Gasteiger partial charge in [0, 0.05) is 20.9 Å². The van der Waals surface area contributed by atoms with E-state index >= 15 is 0 Å². The minimum Gasteiger partial charge on any atom is -0.321 e. The van der Waals surface area contributed by atoms with Crippen molar-refractivity contribution in [3.8, 4) is 11.1 Å². The fourth-order valence-electron chi connectivity index (χ4n) is 3.38. The number of carbonyl (C=O) groups is 1. The highest BCUT2D eigenvalue weighted by molar-refractivity contribution is 9.10. The topological polar surface area (TPSA) is 49.9 Å². The van der Waals surface area contributed by atoms with Crippen molar-refractivity contribution in [2.45, 2.75) is 6.92 Å². The predicted octanol–water partition coefficient (Wildman–Crippen LogP) is 6.16. The summed E-state index contributed by atoms with van der Waals surface area (Å²) in [5.74, 6) is -0.323. The second-order valence-electron chi connectivity index (χ2n) is 6.87. The lowest BCUT2D eigenvalue weighted by atomic mass is 9.93. The van der Waals surface area contributed by atoms with Crippen LogP contribution >= 0.6 is 15.9 Å². The lowest BCUT2D eigenvalue weighted by molar-refractivity contribution is 0.104. The van der Waals surface area contributed by atoms with Crippen molar-refractivity contribution in [3.05, 3.63) is 110 Å². The molecule has 1 N–H and O–H groups in total. The third-order valence-electron chi connectivity index (χ3n) is 4.78. The van der Waals surface area contributed by atoms with Crippen LogP contribution in [0, 0.1) is 6.92 Å². The summed E-state index contributed by atoms with van der Waals surface area (Å²) < 4.78 is 0.966. The van der Waals surface area contributed by atoms with Gasteiger partial charge < -0.3 is 4.98 Å². The van der Waals surface area contributed by atoms with Gasteiger partial charge in [-0.05, 0) is 48.4 Å². The number of hydrogen-bond donors (Lipinski definition) is 1. The molecule has 0 radical (unpaired) electrons. The Bertz CT molecular complexity index is 1290. The Morgan fingerprint density at radius 3 is 2.41 bits per heavy atom. The number of allylic oxidation sites excluding steroid dienone is 1. The molecule has 0 aliphatic rings. The minimum atomic E-state index is -0.384. The van der Waals surface area contributed by atoms with Crippen molar-refractivity contribution in [1.29, 1.82) is 0 Å². The number of pyridine rings is 1. The van der Waals surface area contributed by atoms with Gasteiger partial charge in [0.2, 0.25) is 0 Å². The molecule has 142 valence electrons. The first kappa shape index (κ1) is 19.1. The van der Waals surface area contributed by atoms with E-state index in [-0.39, 0.29) is 16.9 Å². The number of aryl methyl sites for hydroxylation is 1. The van der Waals surface area contributed by atoms with Gasteiger partial charge in [-0.25, -0.2) is 0 Å². The van der Waals surface area contributed by atoms with Gasteiger partial charge in [0.05, 0.1) is 5.56 Å². The maximum Gasteiger partial charge on any atom is 0.260 e. The van der Waals surface area contributed by atoms with Crippen molar-refractivity contribution in [1.82, 2.24) is 4.98 Å². The molecule has 0 amide bonds. The van der Waals surface area contributed by atoms with Crippen LogP contribution in [-0.2, 0) is 0 Å². The minimum absolute atomic E-state index is 0.155. The number of ketones is 1. The quantitative estimate of drug-likeness (QED) is 0.303. The molecule has 0 unspecified atom stereocenters. The average molecular weight is 444 g/mol. The van der Waals surface area contributed by atoms with Crippen LogP contribution in [0.1, 0.15) is 21.5 Å². The van der Waals surface area contributed by atoms with E-state index in [1.165, 1.54) is 6.08 Å². The van der Waals surface area contributed by atoms with Crippen LogP contribution in [0.2, 0.25) is 0 Å². The average Bonchev–Trinajstić information content (AvgIpc) is 2.73. The monoisotopic (exact) mass is 443 g/mol. The fraction of sp³-hybridized carbons (Fsp3) is 0.0400. The standard InChI is InChI=1S/C25H18BrNO2/c1-16-7-13-21-20(15-16)23(18-5-3-2-4-6-18)24(25(29)27-21)22(28)14-10-17-8-11-19(26)12-9-17/h2-15H,1H3,(H,27,29)/b14-10+. The fourth-order valence-corrected chi connectivity index (χ4v) is 3.64. The van der Waals surface area contributed by atoms with Crippen molar-refractivity contribution in [2.75, 3.05) is 0 Å². The number of halogens is 1. The number of carbonyl (C=O) groups excluding carboxylic acids is 1. The summed E-state index contributed by atoms with van der Waals surface area (Å²) in [7, 11) is 0. The molecule has 4 aromatic rings. The van der Waals surface area contributed by atoms with Crippen LogP contribution in [0.25, 0.3) is 28.1 Å². The van der Waals surface area contributed by atoms with Gasteiger partial charge in [-0.15, -0.1) is 0 Å². The lowest BCUT2D eigenvalue weighted by Gasteiger charge is -2.12. The third-order valence-corrected chi connectivity index (χ3v) is 5.30. The van der Waals surface area contributed by atoms with Crippen molar-refractivity contribution in [2.24, 2.45) is 0 Å². The molecule has 0 aliphatic carbocycles. The molecule has 29 heavy (non-hydrogen) atoms. The zero-order valence-electron chi connectivity index (χ0n) is 15.8. The maximum absolute atomic E-state index is 13.1. The molecule has 3 aromatic carbocycles. The number of hydrogen-bond acceptors (Lipinski definition) is 2. The molecule has 0 bridgehead atoms. The molecular weight excluding hydrogens is 426 g/mol. The second kappa shape index (κ2) is 8.02. The van der Waals surface area contributed by atoms with E-state index in [0.29, 0.717) is 11.1 Å². The molecule has 0 fully saturated rings. The normalized spacial score (nSPS) is 11.2. The van der Waals surface area contributed by atoms with Gasteiger partial charge >= 0.3 is 0 Å². The van der Waals surface area contributed by atoms with E-state index in [1.807, 2.05) is 79.7 Å². The number of nitrogens with one attached hydrogen (secondary N) is 1. The molecule has 3 nitrogen and oxygen atoms in total. The first-order valence-electron chi connectivity index (χ1n) is 9.23. The van der Waals surface area contributed by atoms with Crippen molar-refractivity contribution in [3.63, 3.8) is 0 Å². The Hall–Kier alpha value is -3.24. The zero-order valence-corrected chi connectivity index (χ0v) is 17.4. The first-order valence-corrected chi connectivity index (χ1v) is 10.0. The molecule has 0 aliphatic heterocycles. The zero-order chi connectivity index (χ0) is 20.4. The van der Waals surface area contributed by atoms with Crippen molar-refractivity contribution >= 4 is 38.7 Å². The van der Waals surface area contributed by atoms with Gasteiger partial charge in [-0.1, -0.05) is 76.1 Å². The first-order chi connectivity index (χ1) is 14.0. The van der Waals surface area contributed by atoms with Gasteiger partial charge in [-0.2, -0.15) is 0 Å². The van der Waals surface area contributed by atoms with E-state index in [2.05, 4.69) is 20.9 Å². The Kier molecular flexibility index (Phi) is 5.28. The van der Waals surface area contributed by atoms with E-state index in [1.54, 1.807) is 6.08 Å². The summed E-state index contributed by atoms with van der Waals surface area (Å²) in [5, 5.41) is 0.858. The molecule has 0 saturated heterocycles. The van der Waals surface area contributed by atoms with Gasteiger partial charge in [0.15, 0.2) is 5.78 Å². The maximum atomic E-state index is 13.1. The Labute approximate surface area is 176 Å². The molecule has 4 heteroatoms. The summed E-state index contributed by atoms with van der Waals surface area (Å²) in [5.41, 5.74) is 3.94. The van der Waals surface area contributed by atoms with Crippen LogP contribution in [-0.4, -0.2) is 10.8 Å². The lowest BCUT2D eigenvalue weighted by Crippen LogP contribution is -2.18. The molecule has 0 atom stereocenters. The van der Waals surface area contributed by atoms with Crippen LogP contribution in [0.3, 0.4) is 0 Å². The number of aromatic amines is 1. The van der Waals surface area contributed by atoms with Crippen LogP contribution < -0.4 is 5.56 Å². The number of H-pyrrole nitrogens is 1. The van der Waals surface area contributed by atoms with E-state index in [4.69, 9.17) is 0 Å². The number of fused-ring (bicyclic) bond motifs is 1. The van der Waals surface area contributed by atoms with E-state index in [0.717, 1.165) is 26.5 Å². The Morgan fingerprint density at radius 2 is 1.69 bits per heavy atom. The van der Waals surface area contributed by atoms with Gasteiger partial charge in [0.1, 0.15) is 0 Å². The summed E-state index contributed by atoms with van der Waals surface area (Å²) in [6, 6.07) is 23.0. The smallest absolute Gasteiger partial charge is 0.260 e. The number of rotatable bonds is 4. The highest BCUT2D eigenvalue weighted by Crippen LogP contribution is 2.30. The van der Waals surface area contributed by atoms with Gasteiger partial charge in [0.25, 0.3) is 5.56 Å². The summed E-state index contributed by atoms with van der Waals surface area (Å²) in [6.07, 6.45) is 3.19. The Morgan fingerprint density at radius 1 is 0.966 bits per heavy atom. The molecular formula is C25H18BrNO2. The molecule has 0 spiro atoms. The van der Waals surface area contributed by atoms with E-state index in [9.17, 15) is 9.59 Å². The second-order valence-corrected chi connectivity index (χ2v) is 7.78. The molecule has 0 saturated carbocycles. The summed E-state index contributed by atoms with van der Waals surface area (Å²) in [6.45, 7) is 1.99. The van der Waals surface area contributed by atoms with Crippen molar-refractivity contribution < 1.29 is 4.79 Å². The third kappa shape index (κ3) is 3.98. The number of aromatic nitrogens is 1. The molecule has 1 aromatic heterocycles. The number of benzene rings is 3. The highest BCUT2D eigenvalue weighted by Gasteiger charge is 2.19. The largest absolute Gasteiger partial charge is 0.321 e. The van der Waals surface area contributed by atoms with Crippen LogP contribution in [0.4, 0.5) is 0 Å². The SMILES string of the molecule is Cc1ccc2[nH]c(=O)c(C(=O)/C=C/c3ccc(Br)cc3)c(-c3ccccc3)c2c1. The predicted molar refractivity (Wildman–Crippen MR) is 122 cm³/mol. The molecule has 1 heterocycles. The van der Waals surface area contributed by atoms with Gasteiger partial charge in [-0.3, -0.25) is 9.59 Å². The summed E-state index contributed by atoms with van der Waals surface area (Å²) in [4.78, 5) is 28.9.